The largest absolute Gasteiger partial charge is 0.452 e. The lowest BCUT2D eigenvalue weighted by molar-refractivity contribution is 0.0901. The van der Waals surface area contributed by atoms with Gasteiger partial charge in [-0.15, -0.1) is 11.6 Å². The number of amides is 1. The monoisotopic (exact) mass is 263 g/mol. The zero-order valence-electron chi connectivity index (χ0n) is 9.35. The highest BCUT2D eigenvalue weighted by atomic mass is 35.5. The molecule has 3 nitrogen and oxygen atoms in total. The molecule has 0 fully saturated rings. The minimum Gasteiger partial charge on any atom is -0.452 e. The molecular weight excluding hydrogens is 249 g/mol. The summed E-state index contributed by atoms with van der Waals surface area (Å²) in [7, 11) is 0. The molecule has 0 aliphatic rings. The quantitative estimate of drug-likeness (QED) is 0.827. The zero-order valence-corrected chi connectivity index (χ0v) is 10.9. The molecule has 0 saturated heterocycles. The van der Waals surface area contributed by atoms with E-state index >= 15 is 0 Å². The highest BCUT2D eigenvalue weighted by molar-refractivity contribution is 6.32. The molecule has 0 bridgehead atoms. The van der Waals surface area contributed by atoms with Crippen molar-refractivity contribution in [1.29, 1.82) is 0 Å². The molecule has 0 radical (unpaired) electrons. The van der Waals surface area contributed by atoms with E-state index in [1.54, 1.807) is 6.07 Å². The van der Waals surface area contributed by atoms with Crippen LogP contribution in [-0.2, 0) is 0 Å². The Labute approximate surface area is 105 Å². The van der Waals surface area contributed by atoms with Crippen LogP contribution in [0.3, 0.4) is 0 Å². The summed E-state index contributed by atoms with van der Waals surface area (Å²) in [4.78, 5) is 11.9. The van der Waals surface area contributed by atoms with Crippen molar-refractivity contribution in [2.75, 3.05) is 5.88 Å². The van der Waals surface area contributed by atoms with Gasteiger partial charge in [0.05, 0.1) is 11.8 Å². The Bertz CT molecular complexity index is 365. The van der Waals surface area contributed by atoms with Crippen molar-refractivity contribution in [3.8, 4) is 0 Å². The van der Waals surface area contributed by atoms with Crippen LogP contribution < -0.4 is 5.32 Å². The Morgan fingerprint density at radius 2 is 2.31 bits per heavy atom. The fourth-order valence-electron chi connectivity index (χ4n) is 1.33. The van der Waals surface area contributed by atoms with Crippen molar-refractivity contribution in [3.63, 3.8) is 0 Å². The summed E-state index contributed by atoms with van der Waals surface area (Å²) in [5, 5.41) is 3.03. The van der Waals surface area contributed by atoms with Gasteiger partial charge < -0.3 is 9.73 Å². The van der Waals surface area contributed by atoms with Crippen LogP contribution in [0.5, 0.6) is 0 Å². The van der Waals surface area contributed by atoms with Crippen LogP contribution in [-0.4, -0.2) is 17.3 Å². The molecular formula is C11H15Cl2NO2. The van der Waals surface area contributed by atoms with Crippen LogP contribution >= 0.6 is 23.2 Å². The molecule has 1 atom stereocenters. The predicted octanol–water partition coefficient (Wildman–Crippen LogP) is 3.46. The summed E-state index contributed by atoms with van der Waals surface area (Å²) >= 11 is 11.4. The second kappa shape index (κ2) is 5.60. The molecule has 0 aromatic carbocycles. The normalized spacial score (nSPS) is 14.5. The Hall–Kier alpha value is -0.670. The number of halogens is 2. The van der Waals surface area contributed by atoms with Gasteiger partial charge in [0.15, 0.2) is 0 Å². The fourth-order valence-corrected chi connectivity index (χ4v) is 1.95. The van der Waals surface area contributed by atoms with E-state index in [9.17, 15) is 4.79 Å². The van der Waals surface area contributed by atoms with E-state index in [0.717, 1.165) is 6.42 Å². The number of hydrogen-bond donors (Lipinski definition) is 1. The van der Waals surface area contributed by atoms with Crippen molar-refractivity contribution in [2.24, 2.45) is 0 Å². The van der Waals surface area contributed by atoms with Gasteiger partial charge in [0.1, 0.15) is 0 Å². The van der Waals surface area contributed by atoms with Gasteiger partial charge >= 0.3 is 0 Å². The van der Waals surface area contributed by atoms with Crippen molar-refractivity contribution in [1.82, 2.24) is 5.32 Å². The molecule has 5 heteroatoms. The van der Waals surface area contributed by atoms with Gasteiger partial charge in [-0.2, -0.15) is 0 Å². The molecule has 16 heavy (non-hydrogen) atoms. The van der Waals surface area contributed by atoms with Gasteiger partial charge in [-0.1, -0.05) is 6.92 Å². The lowest BCUT2D eigenvalue weighted by Crippen LogP contribution is -2.45. The first kappa shape index (κ1) is 13.4. The van der Waals surface area contributed by atoms with Crippen LogP contribution in [0.25, 0.3) is 0 Å². The smallest absolute Gasteiger partial charge is 0.256 e. The van der Waals surface area contributed by atoms with Crippen LogP contribution in [0.15, 0.2) is 16.7 Å². The second-order valence-corrected chi connectivity index (χ2v) is 4.64. The predicted molar refractivity (Wildman–Crippen MR) is 65.2 cm³/mol. The molecule has 1 amide bonds. The van der Waals surface area contributed by atoms with E-state index in [2.05, 4.69) is 5.32 Å². The van der Waals surface area contributed by atoms with Gasteiger partial charge in [0.25, 0.3) is 5.91 Å². The maximum absolute atomic E-state index is 11.9. The molecule has 1 aromatic rings. The molecule has 1 heterocycles. The number of carbonyl (C=O) groups is 1. The number of hydrogen-bond acceptors (Lipinski definition) is 2. The van der Waals surface area contributed by atoms with E-state index in [1.165, 1.54) is 6.26 Å². The standard InChI is InChI=1S/C11H15Cl2NO2/c1-3-11(2,5-6-12)14-10(15)8-4-7-16-9(8)13/h4,7H,3,5-6H2,1-2H3,(H,14,15). The van der Waals surface area contributed by atoms with Gasteiger partial charge in [-0.25, -0.2) is 0 Å². The minimum absolute atomic E-state index is 0.113. The lowest BCUT2D eigenvalue weighted by Gasteiger charge is -2.28. The zero-order chi connectivity index (χ0) is 12.2. The van der Waals surface area contributed by atoms with Crippen molar-refractivity contribution < 1.29 is 9.21 Å². The van der Waals surface area contributed by atoms with Crippen LogP contribution in [0.2, 0.25) is 5.22 Å². The van der Waals surface area contributed by atoms with E-state index < -0.39 is 0 Å². The van der Waals surface area contributed by atoms with Crippen LogP contribution in [0.4, 0.5) is 0 Å². The maximum Gasteiger partial charge on any atom is 0.256 e. The van der Waals surface area contributed by atoms with Gasteiger partial charge in [0, 0.05) is 11.4 Å². The van der Waals surface area contributed by atoms with Crippen LogP contribution in [0, 0.1) is 0 Å². The molecule has 90 valence electrons. The Morgan fingerprint density at radius 1 is 1.62 bits per heavy atom. The first-order valence-electron chi connectivity index (χ1n) is 5.14. The van der Waals surface area contributed by atoms with Crippen LogP contribution in [0.1, 0.15) is 37.0 Å². The topological polar surface area (TPSA) is 42.2 Å². The summed E-state index contributed by atoms with van der Waals surface area (Å²) in [5.41, 5.74) is 0.0512. The van der Waals surface area contributed by atoms with E-state index in [4.69, 9.17) is 27.6 Å². The average Bonchev–Trinajstić information content (AvgIpc) is 2.65. The van der Waals surface area contributed by atoms with Gasteiger partial charge in [-0.05, 0) is 37.4 Å². The molecule has 1 rings (SSSR count). The number of nitrogens with one attached hydrogen (secondary N) is 1. The molecule has 0 aliphatic carbocycles. The van der Waals surface area contributed by atoms with Gasteiger partial charge in [-0.3, -0.25) is 4.79 Å². The molecule has 0 spiro atoms. The Kier molecular flexibility index (Phi) is 4.69. The third-order valence-corrected chi connectivity index (χ3v) is 3.19. The summed E-state index contributed by atoms with van der Waals surface area (Å²) in [6, 6.07) is 1.55. The third kappa shape index (κ3) is 3.16. The highest BCUT2D eigenvalue weighted by Gasteiger charge is 2.25. The van der Waals surface area contributed by atoms with Crippen molar-refractivity contribution in [2.45, 2.75) is 32.2 Å². The second-order valence-electron chi connectivity index (χ2n) is 3.92. The number of alkyl halides is 1. The molecule has 0 saturated carbocycles. The van der Waals surface area contributed by atoms with E-state index in [-0.39, 0.29) is 16.7 Å². The fraction of sp³-hybridized carbons (Fsp3) is 0.545. The summed E-state index contributed by atoms with van der Waals surface area (Å²) in [6.07, 6.45) is 2.91. The summed E-state index contributed by atoms with van der Waals surface area (Å²) in [5.74, 6) is 0.275. The number of furan rings is 1. The first-order valence-corrected chi connectivity index (χ1v) is 6.05. The minimum atomic E-state index is -0.306. The first-order chi connectivity index (χ1) is 7.52. The third-order valence-electron chi connectivity index (χ3n) is 2.70. The van der Waals surface area contributed by atoms with E-state index in [1.807, 2.05) is 13.8 Å². The summed E-state index contributed by atoms with van der Waals surface area (Å²) < 4.78 is 4.87. The lowest BCUT2D eigenvalue weighted by atomic mass is 9.95. The summed E-state index contributed by atoms with van der Waals surface area (Å²) in [6.45, 7) is 3.96. The Morgan fingerprint density at radius 3 is 2.75 bits per heavy atom. The van der Waals surface area contributed by atoms with Crippen molar-refractivity contribution in [3.05, 3.63) is 23.1 Å². The molecule has 1 N–H and O–H groups in total. The Balaban J connectivity index is 2.73. The molecule has 0 aliphatic heterocycles. The average molecular weight is 264 g/mol. The molecule has 1 unspecified atom stereocenters. The maximum atomic E-state index is 11.9. The highest BCUT2D eigenvalue weighted by Crippen LogP contribution is 2.20. The number of carbonyl (C=O) groups excluding carboxylic acids is 1. The SMILES string of the molecule is CCC(C)(CCCl)NC(=O)c1ccoc1Cl. The number of rotatable bonds is 5. The van der Waals surface area contributed by atoms with Crippen molar-refractivity contribution >= 4 is 29.1 Å². The molecule has 1 aromatic heterocycles. The van der Waals surface area contributed by atoms with E-state index in [0.29, 0.717) is 17.9 Å². The van der Waals surface area contributed by atoms with Gasteiger partial charge in [0.2, 0.25) is 5.22 Å².